The van der Waals surface area contributed by atoms with Gasteiger partial charge in [0, 0.05) is 24.2 Å². The second kappa shape index (κ2) is 7.35. The average molecular weight is 352 g/mol. The number of nitrogens with one attached hydrogen (secondary N) is 1. The minimum atomic E-state index is -3.62. The standard InChI is InChI=1S/C12H18BrNO4S/c1-9(5-6-18-2)14-19(16,17)12-7-10(8-15)3-4-11(12)13/h3-4,7,9,14-15H,5-6,8H2,1-2H3. The molecule has 0 saturated heterocycles. The van der Waals surface area contributed by atoms with Crippen molar-refractivity contribution in [2.45, 2.75) is 30.9 Å². The van der Waals surface area contributed by atoms with E-state index >= 15 is 0 Å². The summed E-state index contributed by atoms with van der Waals surface area (Å²) in [5, 5.41) is 9.07. The van der Waals surface area contributed by atoms with Crippen molar-refractivity contribution in [1.29, 1.82) is 0 Å². The Morgan fingerprint density at radius 1 is 1.47 bits per heavy atom. The summed E-state index contributed by atoms with van der Waals surface area (Å²) in [5.74, 6) is 0. The van der Waals surface area contributed by atoms with Gasteiger partial charge < -0.3 is 9.84 Å². The van der Waals surface area contributed by atoms with Crippen molar-refractivity contribution >= 4 is 26.0 Å². The molecule has 1 aromatic carbocycles. The summed E-state index contributed by atoms with van der Waals surface area (Å²) in [6.45, 7) is 2.07. The van der Waals surface area contributed by atoms with Crippen molar-refractivity contribution in [2.75, 3.05) is 13.7 Å². The summed E-state index contributed by atoms with van der Waals surface area (Å²) in [6, 6.07) is 4.50. The summed E-state index contributed by atoms with van der Waals surface area (Å²) >= 11 is 3.21. The van der Waals surface area contributed by atoms with Crippen molar-refractivity contribution in [3.8, 4) is 0 Å². The van der Waals surface area contributed by atoms with E-state index < -0.39 is 10.0 Å². The van der Waals surface area contributed by atoms with Crippen LogP contribution in [0.25, 0.3) is 0 Å². The first-order valence-electron chi connectivity index (χ1n) is 5.81. The van der Waals surface area contributed by atoms with Crippen LogP contribution in [0.5, 0.6) is 0 Å². The molecular weight excluding hydrogens is 334 g/mol. The zero-order valence-electron chi connectivity index (χ0n) is 10.9. The highest BCUT2D eigenvalue weighted by molar-refractivity contribution is 9.10. The van der Waals surface area contributed by atoms with E-state index in [9.17, 15) is 8.42 Å². The van der Waals surface area contributed by atoms with Gasteiger partial charge in [-0.15, -0.1) is 0 Å². The molecule has 0 fully saturated rings. The van der Waals surface area contributed by atoms with Crippen LogP contribution in [0, 0.1) is 0 Å². The SMILES string of the molecule is COCCC(C)NS(=O)(=O)c1cc(CO)ccc1Br. The molecule has 0 aliphatic rings. The first-order valence-corrected chi connectivity index (χ1v) is 8.09. The predicted octanol–water partition coefficient (Wildman–Crippen LogP) is 1.64. The Labute approximate surface area is 122 Å². The van der Waals surface area contributed by atoms with E-state index in [1.165, 1.54) is 6.07 Å². The zero-order chi connectivity index (χ0) is 14.5. The minimum Gasteiger partial charge on any atom is -0.392 e. The second-order valence-corrected chi connectivity index (χ2v) is 6.76. The highest BCUT2D eigenvalue weighted by Crippen LogP contribution is 2.23. The number of methoxy groups -OCH3 is 1. The predicted molar refractivity (Wildman–Crippen MR) is 76.3 cm³/mol. The van der Waals surface area contributed by atoms with E-state index in [0.717, 1.165) is 0 Å². The van der Waals surface area contributed by atoms with Crippen LogP contribution < -0.4 is 4.72 Å². The van der Waals surface area contributed by atoms with E-state index in [1.54, 1.807) is 26.2 Å². The van der Waals surface area contributed by atoms with Crippen LogP contribution >= 0.6 is 15.9 Å². The Morgan fingerprint density at radius 2 is 2.16 bits per heavy atom. The van der Waals surface area contributed by atoms with Gasteiger partial charge in [0.15, 0.2) is 0 Å². The normalized spacial score (nSPS) is 13.5. The van der Waals surface area contributed by atoms with Gasteiger partial charge in [0.2, 0.25) is 10.0 Å². The Morgan fingerprint density at radius 3 is 2.74 bits per heavy atom. The molecule has 0 spiro atoms. The van der Waals surface area contributed by atoms with Gasteiger partial charge in [0.1, 0.15) is 0 Å². The Bertz CT molecular complexity index is 518. The van der Waals surface area contributed by atoms with Crippen LogP contribution in [0.4, 0.5) is 0 Å². The molecule has 0 heterocycles. The van der Waals surface area contributed by atoms with Crippen molar-refractivity contribution in [3.63, 3.8) is 0 Å². The largest absolute Gasteiger partial charge is 0.392 e. The lowest BCUT2D eigenvalue weighted by atomic mass is 10.2. The van der Waals surface area contributed by atoms with E-state index in [0.29, 0.717) is 23.1 Å². The van der Waals surface area contributed by atoms with Crippen LogP contribution in [0.1, 0.15) is 18.9 Å². The zero-order valence-corrected chi connectivity index (χ0v) is 13.3. The van der Waals surface area contributed by atoms with Crippen molar-refractivity contribution in [2.24, 2.45) is 0 Å². The number of benzene rings is 1. The molecule has 0 saturated carbocycles. The number of halogens is 1. The maximum absolute atomic E-state index is 12.2. The van der Waals surface area contributed by atoms with Crippen LogP contribution in [-0.4, -0.2) is 33.3 Å². The molecule has 0 bridgehead atoms. The van der Waals surface area contributed by atoms with Gasteiger partial charge in [-0.05, 0) is 47.0 Å². The second-order valence-electron chi connectivity index (χ2n) is 4.23. The number of aliphatic hydroxyl groups is 1. The fourth-order valence-electron chi connectivity index (χ4n) is 1.53. The summed E-state index contributed by atoms with van der Waals surface area (Å²) in [4.78, 5) is 0.128. The third-order valence-corrected chi connectivity index (χ3v) is 5.16. The number of ether oxygens (including phenoxy) is 1. The lowest BCUT2D eigenvalue weighted by Gasteiger charge is -2.15. The van der Waals surface area contributed by atoms with Gasteiger partial charge in [0.05, 0.1) is 11.5 Å². The lowest BCUT2D eigenvalue weighted by Crippen LogP contribution is -2.33. The fraction of sp³-hybridized carbons (Fsp3) is 0.500. The van der Waals surface area contributed by atoms with Crippen molar-refractivity contribution in [1.82, 2.24) is 4.72 Å². The molecule has 0 aliphatic carbocycles. The van der Waals surface area contributed by atoms with Gasteiger partial charge in [-0.1, -0.05) is 6.07 Å². The lowest BCUT2D eigenvalue weighted by molar-refractivity contribution is 0.188. The molecular formula is C12H18BrNO4S. The molecule has 0 radical (unpaired) electrons. The molecule has 0 amide bonds. The topological polar surface area (TPSA) is 75.6 Å². The molecule has 2 N–H and O–H groups in total. The Kier molecular flexibility index (Phi) is 6.41. The number of rotatable bonds is 7. The maximum Gasteiger partial charge on any atom is 0.241 e. The van der Waals surface area contributed by atoms with E-state index in [4.69, 9.17) is 9.84 Å². The third-order valence-electron chi connectivity index (χ3n) is 2.58. The molecule has 0 aliphatic heterocycles. The van der Waals surface area contributed by atoms with Crippen LogP contribution in [0.3, 0.4) is 0 Å². The molecule has 108 valence electrons. The van der Waals surface area contributed by atoms with Gasteiger partial charge in [-0.2, -0.15) is 0 Å². The molecule has 1 rings (SSSR count). The molecule has 1 unspecified atom stereocenters. The Hall–Kier alpha value is -0.470. The molecule has 1 aromatic rings. The monoisotopic (exact) mass is 351 g/mol. The molecule has 1 atom stereocenters. The fourth-order valence-corrected chi connectivity index (χ4v) is 3.83. The maximum atomic E-state index is 12.2. The third kappa shape index (κ3) is 4.85. The molecule has 7 heteroatoms. The summed E-state index contributed by atoms with van der Waals surface area (Å²) in [6.07, 6.45) is 0.590. The summed E-state index contributed by atoms with van der Waals surface area (Å²) in [5.41, 5.74) is 0.549. The highest BCUT2D eigenvalue weighted by atomic mass is 79.9. The quantitative estimate of drug-likeness (QED) is 0.782. The molecule has 0 aromatic heterocycles. The van der Waals surface area contributed by atoms with Crippen molar-refractivity contribution < 1.29 is 18.3 Å². The smallest absolute Gasteiger partial charge is 0.241 e. The minimum absolute atomic E-state index is 0.128. The molecule has 19 heavy (non-hydrogen) atoms. The van der Waals surface area contributed by atoms with Crippen molar-refractivity contribution in [3.05, 3.63) is 28.2 Å². The number of hydrogen-bond donors (Lipinski definition) is 2. The van der Waals surface area contributed by atoms with Gasteiger partial charge in [0.25, 0.3) is 0 Å². The van der Waals surface area contributed by atoms with Crippen LogP contribution in [0.15, 0.2) is 27.6 Å². The van der Waals surface area contributed by atoms with Gasteiger partial charge in [-0.25, -0.2) is 13.1 Å². The summed E-state index contributed by atoms with van der Waals surface area (Å²) < 4.78 is 32.4. The van der Waals surface area contributed by atoms with E-state index in [1.807, 2.05) is 0 Å². The average Bonchev–Trinajstić information content (AvgIpc) is 2.36. The van der Waals surface area contributed by atoms with Gasteiger partial charge >= 0.3 is 0 Å². The van der Waals surface area contributed by atoms with E-state index in [2.05, 4.69) is 20.7 Å². The molecule has 5 nitrogen and oxygen atoms in total. The van der Waals surface area contributed by atoms with E-state index in [-0.39, 0.29) is 17.5 Å². The van der Waals surface area contributed by atoms with Crippen LogP contribution in [0.2, 0.25) is 0 Å². The first-order chi connectivity index (χ1) is 8.90. The summed E-state index contributed by atoms with van der Waals surface area (Å²) in [7, 11) is -2.04. The highest BCUT2D eigenvalue weighted by Gasteiger charge is 2.20. The number of sulfonamides is 1. The van der Waals surface area contributed by atoms with Crippen LogP contribution in [-0.2, 0) is 21.4 Å². The first kappa shape index (κ1) is 16.6. The van der Waals surface area contributed by atoms with Gasteiger partial charge in [-0.3, -0.25) is 0 Å². The Balaban J connectivity index is 2.93. The number of aliphatic hydroxyl groups excluding tert-OH is 1. The number of hydrogen-bond acceptors (Lipinski definition) is 4.